The fourth-order valence-corrected chi connectivity index (χ4v) is 3.11. The third kappa shape index (κ3) is 6.10. The maximum Gasteiger partial charge on any atom is 0.416 e. The quantitative estimate of drug-likeness (QED) is 0.476. The third-order valence-corrected chi connectivity index (χ3v) is 4.80. The minimum Gasteiger partial charge on any atom is -0.347 e. The monoisotopic (exact) mass is 441 g/mol. The Morgan fingerprint density at radius 2 is 1.28 bits per heavy atom. The highest BCUT2D eigenvalue weighted by atomic mass is 19.4. The van der Waals surface area contributed by atoms with Gasteiger partial charge in [-0.2, -0.15) is 13.2 Å². The Morgan fingerprint density at radius 1 is 0.750 bits per heavy atom. The van der Waals surface area contributed by atoms with Gasteiger partial charge in [-0.15, -0.1) is 0 Å². The van der Waals surface area contributed by atoms with Gasteiger partial charge in [0.15, 0.2) is 0 Å². The van der Waals surface area contributed by atoms with Crippen LogP contribution in [0, 0.1) is 0 Å². The molecular formula is C24H22F3N3O2. The van der Waals surface area contributed by atoms with Crippen LogP contribution in [0.3, 0.4) is 0 Å². The van der Waals surface area contributed by atoms with Crippen LogP contribution in [-0.4, -0.2) is 11.9 Å². The Balaban J connectivity index is 1.72. The van der Waals surface area contributed by atoms with Crippen molar-refractivity contribution in [2.24, 2.45) is 0 Å². The van der Waals surface area contributed by atoms with E-state index in [0.29, 0.717) is 5.56 Å². The molecular weight excluding hydrogens is 419 g/mol. The van der Waals surface area contributed by atoms with Gasteiger partial charge in [0.05, 0.1) is 11.6 Å². The summed E-state index contributed by atoms with van der Waals surface area (Å²) in [4.78, 5) is 25.5. The van der Waals surface area contributed by atoms with E-state index in [9.17, 15) is 22.8 Å². The molecule has 0 aliphatic heterocycles. The van der Waals surface area contributed by atoms with Crippen LogP contribution >= 0.6 is 0 Å². The van der Waals surface area contributed by atoms with Gasteiger partial charge in [-0.1, -0.05) is 60.7 Å². The SMILES string of the molecule is C[C@@H](NC(=O)[C@H](NC(=O)Nc1ccc(C(F)(F)F)cc1)c1ccccc1)c1ccccc1. The number of benzene rings is 3. The molecule has 2 atom stereocenters. The van der Waals surface area contributed by atoms with Gasteiger partial charge in [-0.25, -0.2) is 4.79 Å². The lowest BCUT2D eigenvalue weighted by molar-refractivity contribution is -0.137. The van der Waals surface area contributed by atoms with Gasteiger partial charge in [-0.3, -0.25) is 4.79 Å². The third-order valence-electron chi connectivity index (χ3n) is 4.80. The number of amides is 3. The summed E-state index contributed by atoms with van der Waals surface area (Å²) in [6.07, 6.45) is -4.47. The molecule has 0 aromatic heterocycles. The number of nitrogens with one attached hydrogen (secondary N) is 3. The number of rotatable bonds is 6. The van der Waals surface area contributed by atoms with Crippen LogP contribution in [0.5, 0.6) is 0 Å². The van der Waals surface area contributed by atoms with Gasteiger partial charge >= 0.3 is 12.2 Å². The Hall–Kier alpha value is -3.81. The number of halogens is 3. The van der Waals surface area contributed by atoms with E-state index in [1.165, 1.54) is 0 Å². The molecule has 3 aromatic carbocycles. The number of hydrogen-bond donors (Lipinski definition) is 3. The minimum atomic E-state index is -4.47. The summed E-state index contributed by atoms with van der Waals surface area (Å²) in [5.41, 5.74) is 0.815. The predicted molar refractivity (Wildman–Crippen MR) is 116 cm³/mol. The van der Waals surface area contributed by atoms with E-state index in [1.54, 1.807) is 30.3 Å². The second-order valence-corrected chi connectivity index (χ2v) is 7.16. The molecule has 3 rings (SSSR count). The first-order chi connectivity index (χ1) is 15.2. The first-order valence-corrected chi connectivity index (χ1v) is 9.89. The summed E-state index contributed by atoms with van der Waals surface area (Å²) < 4.78 is 38.1. The zero-order chi connectivity index (χ0) is 23.1. The second kappa shape index (κ2) is 10.00. The van der Waals surface area contributed by atoms with E-state index in [2.05, 4.69) is 16.0 Å². The number of carbonyl (C=O) groups is 2. The first-order valence-electron chi connectivity index (χ1n) is 9.89. The molecule has 0 bridgehead atoms. The summed E-state index contributed by atoms with van der Waals surface area (Å²) in [7, 11) is 0. The Morgan fingerprint density at radius 3 is 1.81 bits per heavy atom. The van der Waals surface area contributed by atoms with Crippen LogP contribution in [0.15, 0.2) is 84.9 Å². The van der Waals surface area contributed by atoms with Crippen LogP contribution in [0.25, 0.3) is 0 Å². The number of anilines is 1. The smallest absolute Gasteiger partial charge is 0.347 e. The highest BCUT2D eigenvalue weighted by Crippen LogP contribution is 2.29. The Bertz CT molecular complexity index is 1040. The molecule has 0 fully saturated rings. The Labute approximate surface area is 183 Å². The van der Waals surface area contributed by atoms with Gasteiger partial charge < -0.3 is 16.0 Å². The molecule has 32 heavy (non-hydrogen) atoms. The van der Waals surface area contributed by atoms with Gasteiger partial charge in [0.2, 0.25) is 5.91 Å². The summed E-state index contributed by atoms with van der Waals surface area (Å²) in [5.74, 6) is -0.421. The standard InChI is InChI=1S/C24H22F3N3O2/c1-16(17-8-4-2-5-9-17)28-22(31)21(18-10-6-3-7-11-18)30-23(32)29-20-14-12-19(13-15-20)24(25,26)27/h2-16,21H,1H3,(H,28,31)(H2,29,30,32)/t16-,21-/m1/s1. The molecule has 0 saturated carbocycles. The Kier molecular flexibility index (Phi) is 7.14. The average Bonchev–Trinajstić information content (AvgIpc) is 2.78. The number of carbonyl (C=O) groups excluding carboxylic acids is 2. The molecule has 3 aromatic rings. The van der Waals surface area contributed by atoms with Gasteiger partial charge in [-0.05, 0) is 42.3 Å². The van der Waals surface area contributed by atoms with Crippen molar-refractivity contribution in [3.63, 3.8) is 0 Å². The molecule has 0 aliphatic carbocycles. The van der Waals surface area contributed by atoms with E-state index in [1.807, 2.05) is 37.3 Å². The van der Waals surface area contributed by atoms with Crippen LogP contribution in [0.1, 0.15) is 35.7 Å². The molecule has 0 heterocycles. The van der Waals surface area contributed by atoms with Crippen molar-refractivity contribution in [2.45, 2.75) is 25.2 Å². The van der Waals surface area contributed by atoms with Crippen molar-refractivity contribution in [2.75, 3.05) is 5.32 Å². The zero-order valence-electron chi connectivity index (χ0n) is 17.2. The van der Waals surface area contributed by atoms with Crippen molar-refractivity contribution in [3.05, 3.63) is 102 Å². The maximum atomic E-state index is 13.0. The maximum absolute atomic E-state index is 13.0. The van der Waals surface area contributed by atoms with Crippen molar-refractivity contribution >= 4 is 17.6 Å². The highest BCUT2D eigenvalue weighted by molar-refractivity contribution is 5.94. The van der Waals surface area contributed by atoms with Crippen molar-refractivity contribution in [1.82, 2.24) is 10.6 Å². The van der Waals surface area contributed by atoms with E-state index in [-0.39, 0.29) is 11.7 Å². The van der Waals surface area contributed by atoms with Crippen LogP contribution in [-0.2, 0) is 11.0 Å². The first kappa shape index (κ1) is 22.9. The number of hydrogen-bond acceptors (Lipinski definition) is 2. The molecule has 0 radical (unpaired) electrons. The normalized spacial score (nSPS) is 13.0. The van der Waals surface area contributed by atoms with E-state index in [4.69, 9.17) is 0 Å². The van der Waals surface area contributed by atoms with Gasteiger partial charge in [0.25, 0.3) is 0 Å². The van der Waals surface area contributed by atoms with Crippen LogP contribution < -0.4 is 16.0 Å². The van der Waals surface area contributed by atoms with E-state index >= 15 is 0 Å². The molecule has 0 unspecified atom stereocenters. The van der Waals surface area contributed by atoms with Crippen LogP contribution in [0.2, 0.25) is 0 Å². The molecule has 166 valence electrons. The minimum absolute atomic E-state index is 0.167. The topological polar surface area (TPSA) is 70.2 Å². The average molecular weight is 441 g/mol. The van der Waals surface area contributed by atoms with Crippen molar-refractivity contribution < 1.29 is 22.8 Å². The molecule has 3 N–H and O–H groups in total. The van der Waals surface area contributed by atoms with E-state index in [0.717, 1.165) is 29.8 Å². The molecule has 3 amide bonds. The highest BCUT2D eigenvalue weighted by Gasteiger charge is 2.30. The van der Waals surface area contributed by atoms with Crippen molar-refractivity contribution in [3.8, 4) is 0 Å². The number of urea groups is 1. The largest absolute Gasteiger partial charge is 0.416 e. The molecule has 0 aliphatic rings. The van der Waals surface area contributed by atoms with Gasteiger partial charge in [0.1, 0.15) is 6.04 Å². The lowest BCUT2D eigenvalue weighted by Gasteiger charge is -2.22. The lowest BCUT2D eigenvalue weighted by atomic mass is 10.0. The zero-order valence-corrected chi connectivity index (χ0v) is 17.2. The summed E-state index contributed by atoms with van der Waals surface area (Å²) in [5, 5.41) is 7.94. The lowest BCUT2D eigenvalue weighted by Crippen LogP contribution is -2.42. The summed E-state index contributed by atoms with van der Waals surface area (Å²) in [6.45, 7) is 1.83. The van der Waals surface area contributed by atoms with Crippen molar-refractivity contribution in [1.29, 1.82) is 0 Å². The number of alkyl halides is 3. The molecule has 5 nitrogen and oxygen atoms in total. The fraction of sp³-hybridized carbons (Fsp3) is 0.167. The fourth-order valence-electron chi connectivity index (χ4n) is 3.11. The van der Waals surface area contributed by atoms with E-state index < -0.39 is 29.7 Å². The second-order valence-electron chi connectivity index (χ2n) is 7.16. The summed E-state index contributed by atoms with van der Waals surface area (Å²) >= 11 is 0. The van der Waals surface area contributed by atoms with Crippen LogP contribution in [0.4, 0.5) is 23.7 Å². The predicted octanol–water partition coefficient (Wildman–Crippen LogP) is 5.45. The molecule has 0 spiro atoms. The summed E-state index contributed by atoms with van der Waals surface area (Å²) in [6, 6.07) is 20.1. The molecule has 8 heteroatoms. The van der Waals surface area contributed by atoms with Gasteiger partial charge in [0, 0.05) is 5.69 Å². The molecule has 0 saturated heterocycles.